The fourth-order valence-electron chi connectivity index (χ4n) is 1.51. The zero-order valence-corrected chi connectivity index (χ0v) is 10.6. The zero-order chi connectivity index (χ0) is 14.0. The molecule has 2 rings (SSSR count). The summed E-state index contributed by atoms with van der Waals surface area (Å²) < 4.78 is 37.9. The number of alkyl halides is 3. The van der Waals surface area contributed by atoms with Gasteiger partial charge in [0, 0.05) is 12.1 Å². The summed E-state index contributed by atoms with van der Waals surface area (Å²) in [4.78, 5) is 11.4. The van der Waals surface area contributed by atoms with Crippen LogP contribution in [0.3, 0.4) is 0 Å². The molecule has 0 bridgehead atoms. The molecule has 102 valence electrons. The lowest BCUT2D eigenvalue weighted by Gasteiger charge is -2.09. The Labute approximate surface area is 113 Å². The number of rotatable bonds is 3. The Morgan fingerprint density at radius 1 is 1.37 bits per heavy atom. The first-order valence-corrected chi connectivity index (χ1v) is 6.09. The lowest BCUT2D eigenvalue weighted by molar-refractivity contribution is -0.137. The molecule has 1 N–H and O–H groups in total. The largest absolute Gasteiger partial charge is 0.417 e. The summed E-state index contributed by atoms with van der Waals surface area (Å²) in [6.45, 7) is 0. The van der Waals surface area contributed by atoms with Crippen molar-refractivity contribution in [3.63, 3.8) is 0 Å². The molecule has 1 aromatic rings. The zero-order valence-electron chi connectivity index (χ0n) is 9.80. The van der Waals surface area contributed by atoms with Gasteiger partial charge in [-0.2, -0.15) is 13.2 Å². The van der Waals surface area contributed by atoms with Gasteiger partial charge in [-0.3, -0.25) is 4.79 Å². The summed E-state index contributed by atoms with van der Waals surface area (Å²) in [6.07, 6.45) is -0.0281. The highest BCUT2D eigenvalue weighted by Gasteiger charge is 2.33. The molecule has 0 heterocycles. The summed E-state index contributed by atoms with van der Waals surface area (Å²) in [6, 6.07) is 3.73. The first-order valence-electron chi connectivity index (χ1n) is 5.71. The molecule has 1 amide bonds. The molecule has 1 aliphatic rings. The predicted molar refractivity (Wildman–Crippen MR) is 66.7 cm³/mol. The summed E-state index contributed by atoms with van der Waals surface area (Å²) >= 11 is 5.50. The molecule has 19 heavy (non-hydrogen) atoms. The summed E-state index contributed by atoms with van der Waals surface area (Å²) in [5.74, 6) is -0.300. The second kappa shape index (κ2) is 5.25. The van der Waals surface area contributed by atoms with Gasteiger partial charge < -0.3 is 5.32 Å². The Morgan fingerprint density at radius 2 is 2.05 bits per heavy atom. The van der Waals surface area contributed by atoms with E-state index in [0.717, 1.165) is 18.9 Å². The monoisotopic (exact) mass is 289 g/mol. The van der Waals surface area contributed by atoms with Gasteiger partial charge in [0.2, 0.25) is 5.91 Å². The number of hydrogen-bond acceptors (Lipinski definition) is 1. The van der Waals surface area contributed by atoms with Crippen molar-refractivity contribution in [3.8, 4) is 0 Å². The molecule has 2 nitrogen and oxygen atoms in total. The van der Waals surface area contributed by atoms with Crippen LogP contribution in [0.25, 0.3) is 6.08 Å². The van der Waals surface area contributed by atoms with Crippen LogP contribution in [0.5, 0.6) is 0 Å². The van der Waals surface area contributed by atoms with Crippen LogP contribution >= 0.6 is 11.6 Å². The van der Waals surface area contributed by atoms with E-state index in [-0.39, 0.29) is 22.5 Å². The number of nitrogens with one attached hydrogen (secondary N) is 1. The second-order valence-corrected chi connectivity index (χ2v) is 4.76. The Bertz CT molecular complexity index is 521. The van der Waals surface area contributed by atoms with Crippen molar-refractivity contribution in [2.24, 2.45) is 0 Å². The van der Waals surface area contributed by atoms with Crippen molar-refractivity contribution in [2.45, 2.75) is 25.1 Å². The molecule has 1 aromatic carbocycles. The van der Waals surface area contributed by atoms with Gasteiger partial charge in [0.25, 0.3) is 0 Å². The fraction of sp³-hybridized carbons (Fsp3) is 0.308. The van der Waals surface area contributed by atoms with Crippen LogP contribution in [-0.4, -0.2) is 11.9 Å². The first-order chi connectivity index (χ1) is 8.86. The third-order valence-electron chi connectivity index (χ3n) is 2.65. The van der Waals surface area contributed by atoms with Crippen molar-refractivity contribution in [1.29, 1.82) is 0 Å². The molecular weight excluding hydrogens is 279 g/mol. The quantitative estimate of drug-likeness (QED) is 0.846. The van der Waals surface area contributed by atoms with Crippen molar-refractivity contribution < 1.29 is 18.0 Å². The maximum absolute atomic E-state index is 12.6. The van der Waals surface area contributed by atoms with E-state index >= 15 is 0 Å². The molecule has 1 fully saturated rings. The maximum atomic E-state index is 12.6. The van der Waals surface area contributed by atoms with E-state index in [1.165, 1.54) is 24.3 Å². The van der Waals surface area contributed by atoms with Crippen LogP contribution in [0, 0.1) is 0 Å². The topological polar surface area (TPSA) is 29.1 Å². The van der Waals surface area contributed by atoms with E-state index in [2.05, 4.69) is 5.32 Å². The molecular formula is C13H11ClF3NO. The minimum absolute atomic E-state index is 0.216. The van der Waals surface area contributed by atoms with E-state index in [9.17, 15) is 18.0 Å². The number of carbonyl (C=O) groups excluding carboxylic acids is 1. The molecule has 0 saturated heterocycles. The van der Waals surface area contributed by atoms with Gasteiger partial charge in [0.1, 0.15) is 0 Å². The number of benzene rings is 1. The average molecular weight is 290 g/mol. The molecule has 0 atom stereocenters. The fourth-order valence-corrected chi connectivity index (χ4v) is 1.74. The average Bonchev–Trinajstić information content (AvgIpc) is 3.10. The lowest BCUT2D eigenvalue weighted by atomic mass is 10.1. The van der Waals surface area contributed by atoms with Crippen molar-refractivity contribution in [2.75, 3.05) is 0 Å². The Balaban J connectivity index is 2.12. The summed E-state index contributed by atoms with van der Waals surface area (Å²) in [7, 11) is 0. The molecule has 6 heteroatoms. The Hall–Kier alpha value is -1.49. The molecule has 0 unspecified atom stereocenters. The highest BCUT2D eigenvalue weighted by Crippen LogP contribution is 2.35. The lowest BCUT2D eigenvalue weighted by Crippen LogP contribution is -2.22. The van der Waals surface area contributed by atoms with Crippen LogP contribution in [0.4, 0.5) is 13.2 Å². The standard InChI is InChI=1S/C13H11ClF3NO/c14-11-5-1-8(7-10(11)13(15,16)17)2-6-12(19)18-9-3-4-9/h1-2,5-7,9H,3-4H2,(H,18,19)/b6-2+. The first kappa shape index (κ1) is 13.9. The second-order valence-electron chi connectivity index (χ2n) is 4.35. The number of amides is 1. The van der Waals surface area contributed by atoms with Gasteiger partial charge >= 0.3 is 6.18 Å². The van der Waals surface area contributed by atoms with Gasteiger partial charge in [-0.25, -0.2) is 0 Å². The highest BCUT2D eigenvalue weighted by molar-refractivity contribution is 6.31. The normalized spacial score (nSPS) is 15.8. The molecule has 0 radical (unpaired) electrons. The van der Waals surface area contributed by atoms with E-state index in [1.807, 2.05) is 0 Å². The number of carbonyl (C=O) groups is 1. The number of hydrogen-bond donors (Lipinski definition) is 1. The SMILES string of the molecule is O=C(/C=C/c1ccc(Cl)c(C(F)(F)F)c1)NC1CC1. The van der Waals surface area contributed by atoms with Gasteiger partial charge in [-0.1, -0.05) is 17.7 Å². The Morgan fingerprint density at radius 3 is 2.63 bits per heavy atom. The smallest absolute Gasteiger partial charge is 0.350 e. The minimum Gasteiger partial charge on any atom is -0.350 e. The van der Waals surface area contributed by atoms with E-state index in [0.29, 0.717) is 0 Å². The summed E-state index contributed by atoms with van der Waals surface area (Å²) in [5, 5.41) is 2.35. The van der Waals surface area contributed by atoms with Crippen LogP contribution in [0.1, 0.15) is 24.0 Å². The molecule has 0 aromatic heterocycles. The van der Waals surface area contributed by atoms with Crippen LogP contribution in [-0.2, 0) is 11.0 Å². The maximum Gasteiger partial charge on any atom is 0.417 e. The van der Waals surface area contributed by atoms with E-state index in [1.54, 1.807) is 0 Å². The van der Waals surface area contributed by atoms with Gasteiger partial charge in [-0.15, -0.1) is 0 Å². The van der Waals surface area contributed by atoms with Crippen LogP contribution < -0.4 is 5.32 Å². The summed E-state index contributed by atoms with van der Waals surface area (Å²) in [5.41, 5.74) is -0.624. The highest BCUT2D eigenvalue weighted by atomic mass is 35.5. The molecule has 1 aliphatic carbocycles. The third-order valence-corrected chi connectivity index (χ3v) is 2.98. The van der Waals surface area contributed by atoms with Gasteiger partial charge in [0.15, 0.2) is 0 Å². The third kappa shape index (κ3) is 3.99. The minimum atomic E-state index is -4.50. The number of halogens is 4. The molecule has 0 aliphatic heterocycles. The molecule has 1 saturated carbocycles. The van der Waals surface area contributed by atoms with Crippen molar-refractivity contribution in [1.82, 2.24) is 5.32 Å². The van der Waals surface area contributed by atoms with Crippen LogP contribution in [0.15, 0.2) is 24.3 Å². The van der Waals surface area contributed by atoms with E-state index < -0.39 is 11.7 Å². The Kier molecular flexibility index (Phi) is 3.85. The predicted octanol–water partition coefficient (Wildman–Crippen LogP) is 3.65. The van der Waals surface area contributed by atoms with Gasteiger partial charge in [-0.05, 0) is 36.6 Å². The van der Waals surface area contributed by atoms with E-state index in [4.69, 9.17) is 11.6 Å². The van der Waals surface area contributed by atoms with Crippen LogP contribution in [0.2, 0.25) is 5.02 Å². The van der Waals surface area contributed by atoms with Crippen molar-refractivity contribution >= 4 is 23.6 Å². The van der Waals surface area contributed by atoms with Crippen molar-refractivity contribution in [3.05, 3.63) is 40.4 Å². The molecule has 0 spiro atoms. The van der Waals surface area contributed by atoms with Gasteiger partial charge in [0.05, 0.1) is 10.6 Å².